The van der Waals surface area contributed by atoms with Crippen molar-refractivity contribution in [2.24, 2.45) is 5.92 Å². The van der Waals surface area contributed by atoms with Crippen LogP contribution in [0, 0.1) is 11.7 Å². The lowest BCUT2D eigenvalue weighted by Gasteiger charge is -2.21. The second-order valence-corrected chi connectivity index (χ2v) is 8.99. The monoisotopic (exact) mass is 505 g/mol. The zero-order valence-electron chi connectivity index (χ0n) is 19.7. The van der Waals surface area contributed by atoms with Crippen LogP contribution in [-0.4, -0.2) is 41.1 Å². The van der Waals surface area contributed by atoms with Crippen molar-refractivity contribution in [3.05, 3.63) is 83.6 Å². The van der Waals surface area contributed by atoms with Gasteiger partial charge in [0.05, 0.1) is 25.1 Å². The highest BCUT2D eigenvalue weighted by Crippen LogP contribution is 2.35. The molecule has 0 radical (unpaired) electrons. The number of aromatic nitrogens is 2. The third kappa shape index (κ3) is 5.58. The van der Waals surface area contributed by atoms with E-state index in [2.05, 4.69) is 9.97 Å². The van der Waals surface area contributed by atoms with Crippen LogP contribution in [0.25, 0.3) is 22.4 Å². The first-order valence-electron chi connectivity index (χ1n) is 11.2. The number of nitrogens with zero attached hydrogens (tertiary/aromatic N) is 3. The molecule has 4 aromatic rings. The number of ether oxygens (including phenoxy) is 1. The van der Waals surface area contributed by atoms with E-state index in [4.69, 9.17) is 4.74 Å². The lowest BCUT2D eigenvalue weighted by molar-refractivity contribution is -0.140. The van der Waals surface area contributed by atoms with E-state index in [1.54, 1.807) is 7.05 Å². The number of rotatable bonds is 9. The number of amides is 1. The van der Waals surface area contributed by atoms with Gasteiger partial charge in [-0.1, -0.05) is 54.6 Å². The quantitative estimate of drug-likeness (QED) is 0.331. The Labute approximate surface area is 211 Å². The largest absolute Gasteiger partial charge is 0.481 e. The van der Waals surface area contributed by atoms with Crippen LogP contribution >= 0.6 is 11.3 Å². The summed E-state index contributed by atoms with van der Waals surface area (Å²) in [5.41, 5.74) is 3.54. The van der Waals surface area contributed by atoms with E-state index >= 15 is 0 Å². The molecular weight excluding hydrogens is 481 g/mol. The van der Waals surface area contributed by atoms with Crippen molar-refractivity contribution in [1.82, 2.24) is 9.97 Å². The van der Waals surface area contributed by atoms with Gasteiger partial charge in [-0.25, -0.2) is 14.4 Å². The standard InChI is InChI=1S/C27H24FN3O4S/c1-31(26(34)18(14-24(32)33)12-17-8-4-3-5-9-17)27-30-23(16-36-27)21-11-7-6-10-20(21)19-13-22(28)25(35-2)29-15-19/h3-11,13,15-16,18H,12,14H2,1-2H3,(H,32,33). The molecule has 2 heterocycles. The van der Waals surface area contributed by atoms with Gasteiger partial charge in [-0.3, -0.25) is 14.5 Å². The van der Waals surface area contributed by atoms with Gasteiger partial charge < -0.3 is 9.84 Å². The van der Waals surface area contributed by atoms with Gasteiger partial charge in [0.1, 0.15) is 0 Å². The van der Waals surface area contributed by atoms with Crippen molar-refractivity contribution in [2.45, 2.75) is 12.8 Å². The van der Waals surface area contributed by atoms with Crippen LogP contribution in [0.5, 0.6) is 5.88 Å². The predicted octanol–water partition coefficient (Wildman–Crippen LogP) is 5.32. The number of methoxy groups -OCH3 is 1. The molecule has 4 rings (SSSR count). The number of thiazole rings is 1. The second kappa shape index (κ2) is 11.1. The molecule has 0 saturated carbocycles. The molecule has 0 aliphatic heterocycles. The third-order valence-corrected chi connectivity index (χ3v) is 6.64. The first-order chi connectivity index (χ1) is 17.4. The third-order valence-electron chi connectivity index (χ3n) is 5.72. The van der Waals surface area contributed by atoms with Gasteiger partial charge in [-0.15, -0.1) is 11.3 Å². The van der Waals surface area contributed by atoms with E-state index < -0.39 is 17.7 Å². The number of hydrogen-bond donors (Lipinski definition) is 1. The summed E-state index contributed by atoms with van der Waals surface area (Å²) in [4.78, 5) is 34.8. The molecule has 7 nitrogen and oxygen atoms in total. The van der Waals surface area contributed by atoms with Crippen molar-refractivity contribution in [2.75, 3.05) is 19.1 Å². The molecule has 0 aliphatic carbocycles. The summed E-state index contributed by atoms with van der Waals surface area (Å²) in [5.74, 6) is -2.75. The molecular formula is C27H24FN3O4S. The Kier molecular flexibility index (Phi) is 7.70. The number of carboxylic acid groups (broad SMARTS) is 1. The molecule has 2 aromatic heterocycles. The van der Waals surface area contributed by atoms with E-state index in [0.29, 0.717) is 22.8 Å². The van der Waals surface area contributed by atoms with Crippen LogP contribution in [0.4, 0.5) is 9.52 Å². The molecule has 0 aliphatic rings. The number of pyridine rings is 1. The average Bonchev–Trinajstić information content (AvgIpc) is 3.38. The van der Waals surface area contributed by atoms with Crippen molar-refractivity contribution in [1.29, 1.82) is 0 Å². The lowest BCUT2D eigenvalue weighted by Crippen LogP contribution is -2.35. The van der Waals surface area contributed by atoms with E-state index in [0.717, 1.165) is 16.7 Å². The number of halogens is 1. The average molecular weight is 506 g/mol. The number of benzene rings is 2. The van der Waals surface area contributed by atoms with Gasteiger partial charge in [0, 0.05) is 29.8 Å². The Balaban J connectivity index is 1.61. The summed E-state index contributed by atoms with van der Waals surface area (Å²) in [6, 6.07) is 18.1. The van der Waals surface area contributed by atoms with E-state index in [1.807, 2.05) is 60.0 Å². The predicted molar refractivity (Wildman–Crippen MR) is 137 cm³/mol. The fourth-order valence-corrected chi connectivity index (χ4v) is 4.74. The molecule has 0 bridgehead atoms. The van der Waals surface area contributed by atoms with Crippen LogP contribution < -0.4 is 9.64 Å². The Bertz CT molecular complexity index is 1380. The van der Waals surface area contributed by atoms with Crippen LogP contribution in [0.1, 0.15) is 12.0 Å². The van der Waals surface area contributed by atoms with Crippen molar-refractivity contribution >= 4 is 28.3 Å². The summed E-state index contributed by atoms with van der Waals surface area (Å²) in [7, 11) is 2.95. The first kappa shape index (κ1) is 25.0. The minimum atomic E-state index is -1.04. The summed E-state index contributed by atoms with van der Waals surface area (Å²) in [5, 5.41) is 11.6. The van der Waals surface area contributed by atoms with Gasteiger partial charge in [0.25, 0.3) is 0 Å². The smallest absolute Gasteiger partial charge is 0.304 e. The maximum Gasteiger partial charge on any atom is 0.304 e. The van der Waals surface area contributed by atoms with E-state index in [9.17, 15) is 19.1 Å². The molecule has 0 saturated heterocycles. The molecule has 0 fully saturated rings. The zero-order valence-corrected chi connectivity index (χ0v) is 20.5. The molecule has 1 amide bonds. The van der Waals surface area contributed by atoms with E-state index in [-0.39, 0.29) is 18.2 Å². The Hall–Kier alpha value is -4.11. The molecule has 1 unspecified atom stereocenters. The summed E-state index contributed by atoms with van der Waals surface area (Å²) in [6.07, 6.45) is 1.56. The Morgan fingerprint density at radius 2 is 1.81 bits per heavy atom. The zero-order chi connectivity index (χ0) is 25.7. The van der Waals surface area contributed by atoms with Gasteiger partial charge in [-0.2, -0.15) is 0 Å². The molecule has 0 spiro atoms. The van der Waals surface area contributed by atoms with Crippen molar-refractivity contribution in [3.8, 4) is 28.3 Å². The first-order valence-corrected chi connectivity index (χ1v) is 12.0. The van der Waals surface area contributed by atoms with Crippen LogP contribution in [0.3, 0.4) is 0 Å². The Morgan fingerprint density at radius 3 is 2.47 bits per heavy atom. The number of carboxylic acids is 1. The lowest BCUT2D eigenvalue weighted by atomic mass is 9.95. The molecule has 1 atom stereocenters. The van der Waals surface area contributed by atoms with Gasteiger partial charge in [-0.05, 0) is 23.6 Å². The molecule has 2 aromatic carbocycles. The Morgan fingerprint density at radius 1 is 1.11 bits per heavy atom. The van der Waals surface area contributed by atoms with Crippen LogP contribution in [0.2, 0.25) is 0 Å². The van der Waals surface area contributed by atoms with E-state index in [1.165, 1.54) is 35.6 Å². The highest BCUT2D eigenvalue weighted by molar-refractivity contribution is 7.14. The maximum atomic E-state index is 14.3. The van der Waals surface area contributed by atoms with Gasteiger partial charge in [0.2, 0.25) is 11.8 Å². The van der Waals surface area contributed by atoms with Crippen LogP contribution in [0.15, 0.2) is 72.2 Å². The fraction of sp³-hybridized carbons (Fsp3) is 0.185. The van der Waals surface area contributed by atoms with Crippen molar-refractivity contribution in [3.63, 3.8) is 0 Å². The topological polar surface area (TPSA) is 92.6 Å². The molecule has 9 heteroatoms. The van der Waals surface area contributed by atoms with Crippen LogP contribution in [-0.2, 0) is 16.0 Å². The minimum absolute atomic E-state index is 0.0845. The number of aliphatic carboxylic acids is 1. The normalized spacial score (nSPS) is 11.6. The van der Waals surface area contributed by atoms with Gasteiger partial charge in [0.15, 0.2) is 10.9 Å². The number of carbonyl (C=O) groups is 2. The summed E-state index contributed by atoms with van der Waals surface area (Å²) in [6.45, 7) is 0. The molecule has 1 N–H and O–H groups in total. The number of anilines is 1. The minimum Gasteiger partial charge on any atom is -0.481 e. The summed E-state index contributed by atoms with van der Waals surface area (Å²) < 4.78 is 19.2. The fourth-order valence-electron chi connectivity index (χ4n) is 3.95. The second-order valence-electron chi connectivity index (χ2n) is 8.16. The highest BCUT2D eigenvalue weighted by Gasteiger charge is 2.27. The van der Waals surface area contributed by atoms with Gasteiger partial charge >= 0.3 is 5.97 Å². The number of carbonyl (C=O) groups excluding carboxylic acids is 1. The summed E-state index contributed by atoms with van der Waals surface area (Å²) >= 11 is 1.27. The van der Waals surface area contributed by atoms with Crippen molar-refractivity contribution < 1.29 is 23.8 Å². The molecule has 36 heavy (non-hydrogen) atoms. The SMILES string of the molecule is COc1ncc(-c2ccccc2-c2csc(N(C)C(=O)C(CC(=O)O)Cc3ccccc3)n2)cc1F. The maximum absolute atomic E-state index is 14.3. The highest BCUT2D eigenvalue weighted by atomic mass is 32.1. The number of hydrogen-bond acceptors (Lipinski definition) is 6. The molecule has 184 valence electrons.